The highest BCUT2D eigenvalue weighted by Gasteiger charge is 2.31. The molecule has 1 fully saturated rings. The van der Waals surface area contributed by atoms with Crippen LogP contribution in [0.25, 0.3) is 0 Å². The third-order valence-electron chi connectivity index (χ3n) is 3.20. The van der Waals surface area contributed by atoms with Gasteiger partial charge in [0.1, 0.15) is 5.84 Å². The van der Waals surface area contributed by atoms with Crippen LogP contribution in [0, 0.1) is 11.8 Å². The van der Waals surface area contributed by atoms with E-state index in [1.165, 1.54) is 12.8 Å². The average Bonchev–Trinajstić information content (AvgIpc) is 2.86. The first kappa shape index (κ1) is 10.5. The van der Waals surface area contributed by atoms with E-state index >= 15 is 0 Å². The summed E-state index contributed by atoms with van der Waals surface area (Å²) in [5.74, 6) is 1.21. The van der Waals surface area contributed by atoms with E-state index in [2.05, 4.69) is 9.89 Å². The fraction of sp³-hybridized carbons (Fsp3) is 0.818. The van der Waals surface area contributed by atoms with Crippen molar-refractivity contribution in [3.8, 4) is 0 Å². The number of aliphatic carboxylic acids is 1. The van der Waals surface area contributed by atoms with Crippen molar-refractivity contribution >= 4 is 11.8 Å². The van der Waals surface area contributed by atoms with E-state index in [0.29, 0.717) is 0 Å². The summed E-state index contributed by atoms with van der Waals surface area (Å²) in [6.45, 7) is 1.77. The second-order valence-corrected chi connectivity index (χ2v) is 4.64. The van der Waals surface area contributed by atoms with E-state index in [4.69, 9.17) is 5.11 Å². The Kier molecular flexibility index (Phi) is 2.93. The second kappa shape index (κ2) is 4.21. The topological polar surface area (TPSA) is 52.9 Å². The van der Waals surface area contributed by atoms with Gasteiger partial charge in [0.15, 0.2) is 0 Å². The summed E-state index contributed by atoms with van der Waals surface area (Å²) >= 11 is 0. The van der Waals surface area contributed by atoms with Crippen molar-refractivity contribution in [2.24, 2.45) is 16.8 Å². The number of amidine groups is 1. The second-order valence-electron chi connectivity index (χ2n) is 4.64. The summed E-state index contributed by atoms with van der Waals surface area (Å²) < 4.78 is 0. The monoisotopic (exact) mass is 210 g/mol. The molecule has 0 saturated heterocycles. The summed E-state index contributed by atoms with van der Waals surface area (Å²) in [5.41, 5.74) is 0. The molecular weight excluding hydrogens is 192 g/mol. The van der Waals surface area contributed by atoms with E-state index in [-0.39, 0.29) is 12.3 Å². The number of hydrogen-bond acceptors (Lipinski definition) is 3. The molecule has 4 heteroatoms. The molecule has 1 N–H and O–H groups in total. The molecule has 1 unspecified atom stereocenters. The van der Waals surface area contributed by atoms with Crippen molar-refractivity contribution in [3.05, 3.63) is 0 Å². The van der Waals surface area contributed by atoms with E-state index < -0.39 is 5.97 Å². The van der Waals surface area contributed by atoms with Gasteiger partial charge in [-0.25, -0.2) is 0 Å². The zero-order valence-corrected chi connectivity index (χ0v) is 9.15. The molecule has 1 aliphatic carbocycles. The van der Waals surface area contributed by atoms with Gasteiger partial charge in [0.2, 0.25) is 0 Å². The highest BCUT2D eigenvalue weighted by molar-refractivity contribution is 5.88. The molecule has 0 aromatic heterocycles. The van der Waals surface area contributed by atoms with Crippen molar-refractivity contribution in [1.29, 1.82) is 0 Å². The Bertz CT molecular complexity index is 284. The number of rotatable bonds is 5. The van der Waals surface area contributed by atoms with Crippen LogP contribution in [0.15, 0.2) is 4.99 Å². The lowest BCUT2D eigenvalue weighted by Gasteiger charge is -2.21. The van der Waals surface area contributed by atoms with Crippen LogP contribution >= 0.6 is 0 Å². The first-order chi connectivity index (χ1) is 7.16. The molecule has 15 heavy (non-hydrogen) atoms. The SMILES string of the molecule is CN1CCN=C1C(CC(=O)O)CC1CC1. The highest BCUT2D eigenvalue weighted by atomic mass is 16.4. The lowest BCUT2D eigenvalue weighted by Crippen LogP contribution is -2.31. The van der Waals surface area contributed by atoms with Gasteiger partial charge in [-0.15, -0.1) is 0 Å². The predicted molar refractivity (Wildman–Crippen MR) is 58.0 cm³/mol. The Morgan fingerprint density at radius 3 is 2.87 bits per heavy atom. The maximum absolute atomic E-state index is 10.8. The van der Waals surface area contributed by atoms with Crippen LogP contribution in [0.2, 0.25) is 0 Å². The normalized spacial score (nSPS) is 22.7. The summed E-state index contributed by atoms with van der Waals surface area (Å²) in [5, 5.41) is 8.89. The maximum Gasteiger partial charge on any atom is 0.304 e. The third kappa shape index (κ3) is 2.70. The van der Waals surface area contributed by atoms with Crippen LogP contribution < -0.4 is 0 Å². The molecule has 2 aliphatic rings. The Labute approximate surface area is 90.0 Å². The molecule has 0 spiro atoms. The highest BCUT2D eigenvalue weighted by Crippen LogP contribution is 2.37. The minimum Gasteiger partial charge on any atom is -0.481 e. The third-order valence-corrected chi connectivity index (χ3v) is 3.20. The van der Waals surface area contributed by atoms with Crippen LogP contribution in [0.3, 0.4) is 0 Å². The fourth-order valence-corrected chi connectivity index (χ4v) is 2.24. The molecule has 1 atom stereocenters. The van der Waals surface area contributed by atoms with Crippen LogP contribution in [0.5, 0.6) is 0 Å². The number of aliphatic imine (C=N–C) groups is 1. The van der Waals surface area contributed by atoms with Crippen molar-refractivity contribution < 1.29 is 9.90 Å². The van der Waals surface area contributed by atoms with Gasteiger partial charge in [-0.05, 0) is 12.3 Å². The van der Waals surface area contributed by atoms with E-state index in [1.54, 1.807) is 0 Å². The molecule has 0 amide bonds. The van der Waals surface area contributed by atoms with Gasteiger partial charge < -0.3 is 10.0 Å². The molecule has 1 aliphatic heterocycles. The number of nitrogens with zero attached hydrogens (tertiary/aromatic N) is 2. The number of carboxylic acids is 1. The molecule has 0 aromatic rings. The number of carbonyl (C=O) groups is 1. The quantitative estimate of drug-likeness (QED) is 0.742. The van der Waals surface area contributed by atoms with Crippen LogP contribution in [0.4, 0.5) is 0 Å². The van der Waals surface area contributed by atoms with Crippen LogP contribution in [-0.2, 0) is 4.79 Å². The van der Waals surface area contributed by atoms with Crippen molar-refractivity contribution in [1.82, 2.24) is 4.90 Å². The molecule has 2 rings (SSSR count). The van der Waals surface area contributed by atoms with Gasteiger partial charge in [0.25, 0.3) is 0 Å². The minimum atomic E-state index is -0.705. The number of likely N-dealkylation sites (N-methyl/N-ethyl adjacent to an activating group) is 1. The molecule has 84 valence electrons. The smallest absolute Gasteiger partial charge is 0.304 e. The zero-order valence-electron chi connectivity index (χ0n) is 9.15. The van der Waals surface area contributed by atoms with Crippen LogP contribution in [-0.4, -0.2) is 41.9 Å². The van der Waals surface area contributed by atoms with Gasteiger partial charge in [0.05, 0.1) is 13.0 Å². The van der Waals surface area contributed by atoms with E-state index in [1.807, 2.05) is 7.05 Å². The van der Waals surface area contributed by atoms with Crippen LogP contribution in [0.1, 0.15) is 25.7 Å². The Balaban J connectivity index is 1.99. The molecule has 0 aromatic carbocycles. The Morgan fingerprint density at radius 1 is 1.67 bits per heavy atom. The molecule has 4 nitrogen and oxygen atoms in total. The van der Waals surface area contributed by atoms with Crippen molar-refractivity contribution in [2.75, 3.05) is 20.1 Å². The Morgan fingerprint density at radius 2 is 2.40 bits per heavy atom. The zero-order chi connectivity index (χ0) is 10.8. The van der Waals surface area contributed by atoms with Gasteiger partial charge in [-0.3, -0.25) is 9.79 Å². The minimum absolute atomic E-state index is 0.141. The summed E-state index contributed by atoms with van der Waals surface area (Å²) in [6, 6.07) is 0. The predicted octanol–water partition coefficient (Wildman–Crippen LogP) is 1.22. The van der Waals surface area contributed by atoms with Gasteiger partial charge in [0, 0.05) is 19.5 Å². The first-order valence-corrected chi connectivity index (χ1v) is 5.64. The van der Waals surface area contributed by atoms with Gasteiger partial charge >= 0.3 is 5.97 Å². The van der Waals surface area contributed by atoms with E-state index in [0.717, 1.165) is 31.3 Å². The average molecular weight is 210 g/mol. The van der Waals surface area contributed by atoms with Crippen molar-refractivity contribution in [3.63, 3.8) is 0 Å². The molecule has 0 radical (unpaired) electrons. The molecule has 0 bridgehead atoms. The maximum atomic E-state index is 10.8. The lowest BCUT2D eigenvalue weighted by atomic mass is 9.96. The summed E-state index contributed by atoms with van der Waals surface area (Å²) in [4.78, 5) is 17.3. The van der Waals surface area contributed by atoms with Crippen molar-refractivity contribution in [2.45, 2.75) is 25.7 Å². The van der Waals surface area contributed by atoms with E-state index in [9.17, 15) is 4.79 Å². The van der Waals surface area contributed by atoms with Gasteiger partial charge in [-0.1, -0.05) is 12.8 Å². The summed E-state index contributed by atoms with van der Waals surface area (Å²) in [7, 11) is 2.01. The fourth-order valence-electron chi connectivity index (χ4n) is 2.24. The first-order valence-electron chi connectivity index (χ1n) is 5.64. The number of hydrogen-bond donors (Lipinski definition) is 1. The summed E-state index contributed by atoms with van der Waals surface area (Å²) in [6.07, 6.45) is 3.79. The Hall–Kier alpha value is -1.06. The molecular formula is C11H18N2O2. The largest absolute Gasteiger partial charge is 0.481 e. The lowest BCUT2D eigenvalue weighted by molar-refractivity contribution is -0.137. The molecule has 1 heterocycles. The standard InChI is InChI=1S/C11H18N2O2/c1-13-5-4-12-11(13)9(7-10(14)15)6-8-2-3-8/h8-9H,2-7H2,1H3,(H,14,15). The molecule has 1 saturated carbocycles. The van der Waals surface area contributed by atoms with Gasteiger partial charge in [-0.2, -0.15) is 0 Å². The number of carboxylic acid groups (broad SMARTS) is 1.